The highest BCUT2D eigenvalue weighted by molar-refractivity contribution is 5.95. The topological polar surface area (TPSA) is 52.6 Å². The highest BCUT2D eigenvalue weighted by atomic mass is 16.6. The van der Waals surface area contributed by atoms with Gasteiger partial charge in [0.2, 0.25) is 0 Å². The first kappa shape index (κ1) is 4.85. The molecule has 0 heterocycles. The SMILES string of the molecule is [2H]C([2H])([2H])C([2H])([2H])C([2H])(C(C(=O)OCC)C(=O)OCC)C([2H])([2H])[2H]. The lowest BCUT2D eigenvalue weighted by molar-refractivity contribution is -0.164. The highest BCUT2D eigenvalue weighted by Crippen LogP contribution is 2.18. The zero-order chi connectivity index (χ0) is 19.6. The summed E-state index contributed by atoms with van der Waals surface area (Å²) in [5.41, 5.74) is 0. The zero-order valence-corrected chi connectivity index (χ0v) is 8.62. The summed E-state index contributed by atoms with van der Waals surface area (Å²) in [5, 5.41) is 0. The fraction of sp³-hybridized carbons (Fsp3) is 0.818. The van der Waals surface area contributed by atoms with Crippen LogP contribution in [0, 0.1) is 11.8 Å². The molecule has 0 aromatic rings. The third-order valence-corrected chi connectivity index (χ3v) is 1.47. The van der Waals surface area contributed by atoms with Crippen LogP contribution in [0.4, 0.5) is 0 Å². The number of rotatable bonds is 6. The molecule has 0 fully saturated rings. The summed E-state index contributed by atoms with van der Waals surface area (Å²) < 4.78 is 76.7. The second-order valence-electron chi connectivity index (χ2n) is 2.48. The van der Waals surface area contributed by atoms with Crippen LogP contribution < -0.4 is 0 Å². The van der Waals surface area contributed by atoms with Crippen molar-refractivity contribution >= 4 is 11.9 Å². The molecule has 4 heteroatoms. The molecule has 0 aliphatic heterocycles. The maximum absolute atomic E-state index is 12.1. The van der Waals surface area contributed by atoms with Gasteiger partial charge in [-0.25, -0.2) is 0 Å². The lowest BCUT2D eigenvalue weighted by atomic mass is 9.92. The molecule has 0 saturated carbocycles. The second-order valence-corrected chi connectivity index (χ2v) is 2.48. The van der Waals surface area contributed by atoms with Crippen LogP contribution in [0.25, 0.3) is 0 Å². The van der Waals surface area contributed by atoms with Crippen LogP contribution in [0.2, 0.25) is 0 Å². The lowest BCUT2D eigenvalue weighted by Gasteiger charge is -2.19. The zero-order valence-electron chi connectivity index (χ0n) is 17.6. The Morgan fingerprint density at radius 1 is 1.33 bits per heavy atom. The van der Waals surface area contributed by atoms with Crippen molar-refractivity contribution in [3.8, 4) is 0 Å². The van der Waals surface area contributed by atoms with Crippen LogP contribution in [-0.4, -0.2) is 25.2 Å². The molecule has 0 N–H and O–H groups in total. The van der Waals surface area contributed by atoms with E-state index in [9.17, 15) is 9.59 Å². The predicted molar refractivity (Wildman–Crippen MR) is 56.2 cm³/mol. The molecular formula is C11H20O4. The van der Waals surface area contributed by atoms with Gasteiger partial charge in [-0.3, -0.25) is 9.59 Å². The largest absolute Gasteiger partial charge is 0.465 e. The van der Waals surface area contributed by atoms with E-state index in [0.717, 1.165) is 0 Å². The van der Waals surface area contributed by atoms with Crippen molar-refractivity contribution in [3.63, 3.8) is 0 Å². The van der Waals surface area contributed by atoms with E-state index < -0.39 is 43.8 Å². The number of carbonyl (C=O) groups is 2. The molecule has 0 amide bonds. The van der Waals surface area contributed by atoms with Crippen molar-refractivity contribution < 1.29 is 31.4 Å². The van der Waals surface area contributed by atoms with E-state index in [0.29, 0.717) is 0 Å². The lowest BCUT2D eigenvalue weighted by Crippen LogP contribution is -2.33. The van der Waals surface area contributed by atoms with Crippen LogP contribution in [0.1, 0.15) is 46.3 Å². The van der Waals surface area contributed by atoms with E-state index in [1.165, 1.54) is 13.8 Å². The maximum Gasteiger partial charge on any atom is 0.320 e. The van der Waals surface area contributed by atoms with E-state index in [1.807, 2.05) is 0 Å². The molecule has 0 saturated heterocycles. The van der Waals surface area contributed by atoms with Crippen molar-refractivity contribution in [2.24, 2.45) is 11.8 Å². The van der Waals surface area contributed by atoms with Crippen molar-refractivity contribution in [1.29, 1.82) is 0 Å². The molecule has 1 unspecified atom stereocenters. The number of esters is 2. The highest BCUT2D eigenvalue weighted by Gasteiger charge is 2.33. The molecule has 0 aromatic carbocycles. The molecule has 0 spiro atoms. The van der Waals surface area contributed by atoms with Crippen LogP contribution >= 0.6 is 0 Å². The Bertz CT molecular complexity index is 453. The van der Waals surface area contributed by atoms with Crippen LogP contribution in [0.15, 0.2) is 0 Å². The Balaban J connectivity index is 6.54. The molecule has 0 aliphatic rings. The molecule has 0 aliphatic carbocycles. The molecule has 0 aromatic heterocycles. The van der Waals surface area contributed by atoms with Crippen molar-refractivity contribution in [1.82, 2.24) is 0 Å². The summed E-state index contributed by atoms with van der Waals surface area (Å²) in [5.74, 6) is -9.31. The van der Waals surface area contributed by atoms with E-state index in [4.69, 9.17) is 12.3 Å². The predicted octanol–water partition coefficient (Wildman–Crippen LogP) is 1.77. The average molecular weight is 225 g/mol. The minimum Gasteiger partial charge on any atom is -0.465 e. The van der Waals surface area contributed by atoms with Gasteiger partial charge >= 0.3 is 11.9 Å². The number of hydrogen-bond acceptors (Lipinski definition) is 4. The number of ether oxygens (including phenoxy) is 2. The molecular weight excluding hydrogens is 196 g/mol. The van der Waals surface area contributed by atoms with Crippen molar-refractivity contribution in [2.45, 2.75) is 33.9 Å². The summed E-state index contributed by atoms with van der Waals surface area (Å²) in [7, 11) is 0. The Morgan fingerprint density at radius 2 is 1.87 bits per heavy atom. The van der Waals surface area contributed by atoms with Gasteiger partial charge in [0.25, 0.3) is 0 Å². The smallest absolute Gasteiger partial charge is 0.320 e. The van der Waals surface area contributed by atoms with E-state index >= 15 is 0 Å². The van der Waals surface area contributed by atoms with E-state index in [2.05, 4.69) is 9.47 Å². The van der Waals surface area contributed by atoms with Crippen LogP contribution in [0.3, 0.4) is 0 Å². The fourth-order valence-corrected chi connectivity index (χ4v) is 0.855. The number of carbonyl (C=O) groups excluding carboxylic acids is 2. The summed E-state index contributed by atoms with van der Waals surface area (Å²) >= 11 is 0. The standard InChI is InChI=1S/C11H20O4/c1-5-8(4)9(10(12)14-6-2)11(13)15-7-3/h8-9H,5-7H2,1-4H3/i1D3,4D3,5D2,8D. The molecule has 4 nitrogen and oxygen atoms in total. The molecule has 0 bridgehead atoms. The van der Waals surface area contributed by atoms with Crippen LogP contribution in [0.5, 0.6) is 0 Å². The Hall–Kier alpha value is -1.06. The third kappa shape index (κ3) is 4.32. The number of hydrogen-bond donors (Lipinski definition) is 0. The second kappa shape index (κ2) is 7.26. The molecule has 88 valence electrons. The summed E-state index contributed by atoms with van der Waals surface area (Å²) in [6.07, 6.45) is -3.74. The first-order valence-corrected chi connectivity index (χ1v) is 4.42. The molecule has 1 atom stereocenters. The van der Waals surface area contributed by atoms with Gasteiger partial charge in [0.1, 0.15) is 0 Å². The van der Waals surface area contributed by atoms with Gasteiger partial charge in [0, 0.05) is 12.3 Å². The summed E-state index contributed by atoms with van der Waals surface area (Å²) in [6.45, 7) is -5.13. The maximum atomic E-state index is 12.1. The van der Waals surface area contributed by atoms with Crippen molar-refractivity contribution in [2.75, 3.05) is 13.2 Å². The summed E-state index contributed by atoms with van der Waals surface area (Å²) in [6, 6.07) is 0. The Labute approximate surface area is 104 Å². The van der Waals surface area contributed by atoms with Gasteiger partial charge < -0.3 is 9.47 Å². The quantitative estimate of drug-likeness (QED) is 0.510. The van der Waals surface area contributed by atoms with Gasteiger partial charge in [-0.2, -0.15) is 0 Å². The Kier molecular flexibility index (Phi) is 2.35. The minimum absolute atomic E-state index is 0.289. The monoisotopic (exact) mass is 225 g/mol. The Morgan fingerprint density at radius 3 is 2.20 bits per heavy atom. The molecule has 15 heavy (non-hydrogen) atoms. The molecule has 0 rings (SSSR count). The van der Waals surface area contributed by atoms with Gasteiger partial charge in [0.05, 0.1) is 13.2 Å². The van der Waals surface area contributed by atoms with Gasteiger partial charge in [-0.15, -0.1) is 0 Å². The summed E-state index contributed by atoms with van der Waals surface area (Å²) in [4.78, 5) is 24.2. The average Bonchev–Trinajstić information content (AvgIpc) is 2.36. The van der Waals surface area contributed by atoms with Crippen LogP contribution in [-0.2, 0) is 19.1 Å². The minimum atomic E-state index is -3.74. The van der Waals surface area contributed by atoms with Gasteiger partial charge in [-0.1, -0.05) is 20.1 Å². The first-order chi connectivity index (χ1) is 10.6. The molecule has 0 radical (unpaired) electrons. The van der Waals surface area contributed by atoms with E-state index in [-0.39, 0.29) is 13.2 Å². The fourth-order valence-electron chi connectivity index (χ4n) is 0.855. The van der Waals surface area contributed by atoms with Gasteiger partial charge in [-0.05, 0) is 19.7 Å². The third-order valence-electron chi connectivity index (χ3n) is 1.47. The van der Waals surface area contributed by atoms with Gasteiger partial charge in [0.15, 0.2) is 5.92 Å². The first-order valence-electron chi connectivity index (χ1n) is 8.92. The van der Waals surface area contributed by atoms with Crippen molar-refractivity contribution in [3.05, 3.63) is 0 Å². The normalized spacial score (nSPS) is 25.9. The van der Waals surface area contributed by atoms with E-state index in [1.54, 1.807) is 0 Å².